The van der Waals surface area contributed by atoms with Crippen molar-refractivity contribution in [3.8, 4) is 0 Å². The molecule has 3 aromatic heterocycles. The summed E-state index contributed by atoms with van der Waals surface area (Å²) in [7, 11) is 0. The summed E-state index contributed by atoms with van der Waals surface area (Å²) < 4.78 is 1.59. The molecule has 3 N–H and O–H groups in total. The minimum atomic E-state index is -0.502. The Morgan fingerprint density at radius 1 is 1.23 bits per heavy atom. The Hall–Kier alpha value is -2.55. The number of nitrogens with zero attached hydrogens (tertiary/aromatic N) is 5. The van der Waals surface area contributed by atoms with Crippen LogP contribution < -0.4 is 11.1 Å². The lowest BCUT2D eigenvalue weighted by molar-refractivity contribution is -0.120. The van der Waals surface area contributed by atoms with Crippen molar-refractivity contribution in [1.82, 2.24) is 24.7 Å². The normalized spacial score (nSPS) is 16.6. The molecule has 1 saturated carbocycles. The fraction of sp³-hybridized carbons (Fsp3) is 0.471. The van der Waals surface area contributed by atoms with Crippen molar-refractivity contribution < 1.29 is 4.79 Å². The SMILES string of the molecule is Nc1c2nccnc2nn1C(CC1CCCCC1)C(=O)Nc1nccs1. The summed E-state index contributed by atoms with van der Waals surface area (Å²) in [5, 5.41) is 9.77. The van der Waals surface area contributed by atoms with Crippen LogP contribution in [0.4, 0.5) is 10.9 Å². The molecule has 1 aliphatic carbocycles. The zero-order valence-corrected chi connectivity index (χ0v) is 15.2. The van der Waals surface area contributed by atoms with Gasteiger partial charge in [-0.3, -0.25) is 4.79 Å². The van der Waals surface area contributed by atoms with E-state index in [0.29, 0.717) is 34.5 Å². The van der Waals surface area contributed by atoms with E-state index in [1.165, 1.54) is 30.6 Å². The van der Waals surface area contributed by atoms with Gasteiger partial charge in [-0.2, -0.15) is 0 Å². The summed E-state index contributed by atoms with van der Waals surface area (Å²) in [6.07, 6.45) is 11.5. The van der Waals surface area contributed by atoms with Gasteiger partial charge in [0.25, 0.3) is 5.91 Å². The molecule has 0 bridgehead atoms. The Morgan fingerprint density at radius 2 is 2.04 bits per heavy atom. The molecule has 9 heteroatoms. The van der Waals surface area contributed by atoms with E-state index in [4.69, 9.17) is 5.73 Å². The number of carbonyl (C=O) groups is 1. The van der Waals surface area contributed by atoms with Gasteiger partial charge < -0.3 is 11.1 Å². The van der Waals surface area contributed by atoms with Crippen LogP contribution in [0.15, 0.2) is 24.0 Å². The Kier molecular flexibility index (Phi) is 4.79. The molecule has 1 unspecified atom stereocenters. The lowest BCUT2D eigenvalue weighted by Gasteiger charge is -2.26. The zero-order valence-electron chi connectivity index (χ0n) is 14.3. The van der Waals surface area contributed by atoms with Crippen LogP contribution in [0.3, 0.4) is 0 Å². The van der Waals surface area contributed by atoms with Crippen molar-refractivity contribution >= 4 is 39.4 Å². The van der Waals surface area contributed by atoms with Gasteiger partial charge in [0.1, 0.15) is 6.04 Å². The molecular weight excluding hydrogens is 350 g/mol. The topological polar surface area (TPSA) is 112 Å². The Morgan fingerprint density at radius 3 is 2.77 bits per heavy atom. The predicted octanol–water partition coefficient (Wildman–Crippen LogP) is 3.02. The molecule has 1 aliphatic rings. The standard InChI is InChI=1S/C17H21N7OS/c18-14-13-15(20-7-6-19-13)23-24(14)12(10-11-4-2-1-3-5-11)16(25)22-17-21-8-9-26-17/h6-9,11-12H,1-5,10,18H2,(H,21,22,25). The van der Waals surface area contributed by atoms with Gasteiger partial charge in [-0.1, -0.05) is 32.1 Å². The van der Waals surface area contributed by atoms with Gasteiger partial charge >= 0.3 is 0 Å². The van der Waals surface area contributed by atoms with Gasteiger partial charge in [-0.25, -0.2) is 19.6 Å². The van der Waals surface area contributed by atoms with Gasteiger partial charge in [0.15, 0.2) is 16.5 Å². The van der Waals surface area contributed by atoms with Crippen molar-refractivity contribution in [2.24, 2.45) is 5.92 Å². The molecule has 1 amide bonds. The third-order valence-electron chi connectivity index (χ3n) is 4.91. The summed E-state index contributed by atoms with van der Waals surface area (Å²) in [5.41, 5.74) is 7.25. The summed E-state index contributed by atoms with van der Waals surface area (Å²) in [5.74, 6) is 0.719. The number of amides is 1. The second kappa shape index (κ2) is 7.36. The van der Waals surface area contributed by atoms with Crippen LogP contribution >= 0.6 is 11.3 Å². The molecule has 0 radical (unpaired) electrons. The maximum absolute atomic E-state index is 13.0. The van der Waals surface area contributed by atoms with Gasteiger partial charge in [-0.05, 0) is 12.3 Å². The van der Waals surface area contributed by atoms with E-state index in [-0.39, 0.29) is 5.91 Å². The summed E-state index contributed by atoms with van der Waals surface area (Å²) in [4.78, 5) is 25.6. The maximum atomic E-state index is 13.0. The van der Waals surface area contributed by atoms with E-state index in [0.717, 1.165) is 12.8 Å². The third-order valence-corrected chi connectivity index (χ3v) is 5.60. The fourth-order valence-electron chi connectivity index (χ4n) is 3.62. The second-order valence-electron chi connectivity index (χ2n) is 6.64. The summed E-state index contributed by atoms with van der Waals surface area (Å²) >= 11 is 1.39. The molecule has 4 rings (SSSR count). The van der Waals surface area contributed by atoms with Gasteiger partial charge in [0.2, 0.25) is 5.65 Å². The number of hydrogen-bond acceptors (Lipinski definition) is 7. The van der Waals surface area contributed by atoms with Crippen molar-refractivity contribution in [3.05, 3.63) is 24.0 Å². The highest BCUT2D eigenvalue weighted by molar-refractivity contribution is 7.13. The number of nitrogen functional groups attached to an aromatic ring is 1. The van der Waals surface area contributed by atoms with Crippen LogP contribution in [0, 0.1) is 5.92 Å². The molecule has 1 fully saturated rings. The number of nitrogens with two attached hydrogens (primary N) is 1. The third kappa shape index (κ3) is 3.39. The number of rotatable bonds is 5. The smallest absolute Gasteiger partial charge is 0.251 e. The minimum absolute atomic E-state index is 0.148. The van der Waals surface area contributed by atoms with Crippen molar-refractivity contribution in [2.75, 3.05) is 11.1 Å². The average Bonchev–Trinajstić information content (AvgIpc) is 3.29. The number of thiazole rings is 1. The molecule has 136 valence electrons. The zero-order chi connectivity index (χ0) is 17.9. The molecule has 8 nitrogen and oxygen atoms in total. The molecule has 0 saturated heterocycles. The first-order valence-corrected chi connectivity index (χ1v) is 9.75. The highest BCUT2D eigenvalue weighted by Gasteiger charge is 2.29. The number of hydrogen-bond donors (Lipinski definition) is 2. The maximum Gasteiger partial charge on any atom is 0.251 e. The van der Waals surface area contributed by atoms with E-state index in [9.17, 15) is 4.79 Å². The van der Waals surface area contributed by atoms with Crippen LogP contribution in [-0.4, -0.2) is 30.6 Å². The first-order valence-electron chi connectivity index (χ1n) is 8.87. The van der Waals surface area contributed by atoms with E-state index in [1.807, 2.05) is 5.38 Å². The highest BCUT2D eigenvalue weighted by Crippen LogP contribution is 2.33. The fourth-order valence-corrected chi connectivity index (χ4v) is 4.15. The Labute approximate surface area is 154 Å². The van der Waals surface area contributed by atoms with Crippen molar-refractivity contribution in [3.63, 3.8) is 0 Å². The minimum Gasteiger partial charge on any atom is -0.382 e. The largest absolute Gasteiger partial charge is 0.382 e. The lowest BCUT2D eigenvalue weighted by Crippen LogP contribution is -2.30. The average molecular weight is 371 g/mol. The number of anilines is 2. The van der Waals surface area contributed by atoms with E-state index >= 15 is 0 Å². The van der Waals surface area contributed by atoms with E-state index in [1.54, 1.807) is 23.3 Å². The Balaban J connectivity index is 1.66. The van der Waals surface area contributed by atoms with Crippen LogP contribution in [0.5, 0.6) is 0 Å². The molecule has 1 atom stereocenters. The second-order valence-corrected chi connectivity index (χ2v) is 7.53. The number of carbonyl (C=O) groups excluding carboxylic acids is 1. The van der Waals surface area contributed by atoms with Crippen molar-refractivity contribution in [2.45, 2.75) is 44.6 Å². The van der Waals surface area contributed by atoms with E-state index in [2.05, 4.69) is 25.4 Å². The number of nitrogens with one attached hydrogen (secondary N) is 1. The monoisotopic (exact) mass is 371 g/mol. The number of fused-ring (bicyclic) bond motifs is 1. The van der Waals surface area contributed by atoms with Crippen LogP contribution in [-0.2, 0) is 4.79 Å². The summed E-state index contributed by atoms with van der Waals surface area (Å²) in [6.45, 7) is 0. The molecular formula is C17H21N7OS. The van der Waals surface area contributed by atoms with E-state index < -0.39 is 6.04 Å². The Bertz CT molecular complexity index is 886. The van der Waals surface area contributed by atoms with Crippen LogP contribution in [0.2, 0.25) is 0 Å². The quantitative estimate of drug-likeness (QED) is 0.713. The summed E-state index contributed by atoms with van der Waals surface area (Å²) in [6, 6.07) is -0.502. The molecule has 0 aliphatic heterocycles. The first-order chi connectivity index (χ1) is 12.7. The van der Waals surface area contributed by atoms with Gasteiger partial charge in [-0.15, -0.1) is 16.4 Å². The molecule has 0 spiro atoms. The number of aromatic nitrogens is 5. The highest BCUT2D eigenvalue weighted by atomic mass is 32.1. The molecule has 26 heavy (non-hydrogen) atoms. The van der Waals surface area contributed by atoms with Crippen LogP contribution in [0.25, 0.3) is 11.2 Å². The van der Waals surface area contributed by atoms with Gasteiger partial charge in [0, 0.05) is 24.0 Å². The predicted molar refractivity (Wildman–Crippen MR) is 101 cm³/mol. The molecule has 0 aromatic carbocycles. The molecule has 3 aromatic rings. The van der Waals surface area contributed by atoms with Crippen LogP contribution in [0.1, 0.15) is 44.6 Å². The van der Waals surface area contributed by atoms with Gasteiger partial charge in [0.05, 0.1) is 0 Å². The van der Waals surface area contributed by atoms with Crippen molar-refractivity contribution in [1.29, 1.82) is 0 Å². The molecule has 3 heterocycles. The first kappa shape index (κ1) is 16.9. The lowest BCUT2D eigenvalue weighted by atomic mass is 9.84.